The molecule has 3 rings (SSSR count). The molecule has 0 saturated carbocycles. The lowest BCUT2D eigenvalue weighted by Crippen LogP contribution is -2.25. The van der Waals surface area contributed by atoms with Crippen molar-refractivity contribution in [2.75, 3.05) is 6.54 Å². The van der Waals surface area contributed by atoms with Crippen LogP contribution in [0.15, 0.2) is 52.3 Å². The number of fused-ring (bicyclic) bond motifs is 1. The van der Waals surface area contributed by atoms with E-state index in [-0.39, 0.29) is 10.6 Å². The van der Waals surface area contributed by atoms with Crippen molar-refractivity contribution in [2.45, 2.75) is 22.8 Å². The summed E-state index contributed by atoms with van der Waals surface area (Å²) < 4.78 is 25.6. The van der Waals surface area contributed by atoms with Crippen molar-refractivity contribution in [3.8, 4) is 0 Å². The number of sulfone groups is 1. The topological polar surface area (TPSA) is 89.3 Å². The third-order valence-electron chi connectivity index (χ3n) is 3.74. The highest BCUT2D eigenvalue weighted by molar-refractivity contribution is 7.91. The zero-order valence-electron chi connectivity index (χ0n) is 11.7. The molecule has 22 heavy (non-hydrogen) atoms. The van der Waals surface area contributed by atoms with Crippen LogP contribution in [0, 0.1) is 10.1 Å². The molecule has 0 spiro atoms. The first-order valence-corrected chi connectivity index (χ1v) is 8.29. The van der Waals surface area contributed by atoms with E-state index in [9.17, 15) is 18.5 Å². The van der Waals surface area contributed by atoms with Crippen molar-refractivity contribution in [1.82, 2.24) is 5.32 Å². The number of nitro benzene ring substituents is 1. The van der Waals surface area contributed by atoms with Crippen molar-refractivity contribution < 1.29 is 13.3 Å². The van der Waals surface area contributed by atoms with Crippen LogP contribution in [0.2, 0.25) is 0 Å². The van der Waals surface area contributed by atoms with Gasteiger partial charge >= 0.3 is 0 Å². The number of hydrogen-bond donors (Lipinski definition) is 1. The van der Waals surface area contributed by atoms with Crippen LogP contribution in [0.1, 0.15) is 11.1 Å². The number of non-ortho nitro benzene ring substituents is 1. The van der Waals surface area contributed by atoms with Crippen molar-refractivity contribution in [2.24, 2.45) is 0 Å². The molecule has 1 aliphatic rings. The van der Waals surface area contributed by atoms with E-state index in [1.807, 2.05) is 6.07 Å². The summed E-state index contributed by atoms with van der Waals surface area (Å²) in [5.74, 6) is 0. The molecule has 114 valence electrons. The minimum absolute atomic E-state index is 0.0741. The molecule has 6 nitrogen and oxygen atoms in total. The molecule has 1 N–H and O–H groups in total. The van der Waals surface area contributed by atoms with E-state index in [2.05, 4.69) is 5.32 Å². The molecule has 2 aromatic rings. The summed E-state index contributed by atoms with van der Waals surface area (Å²) in [5, 5.41) is 13.9. The van der Waals surface area contributed by atoms with Gasteiger partial charge in [0.2, 0.25) is 9.84 Å². The first-order valence-electron chi connectivity index (χ1n) is 6.81. The molecule has 0 fully saturated rings. The second-order valence-electron chi connectivity index (χ2n) is 5.08. The number of nitro groups is 1. The molecule has 0 saturated heterocycles. The van der Waals surface area contributed by atoms with Gasteiger partial charge in [-0.1, -0.05) is 12.1 Å². The third-order valence-corrected chi connectivity index (χ3v) is 5.60. The lowest BCUT2D eigenvalue weighted by molar-refractivity contribution is -0.384. The Hall–Kier alpha value is -2.25. The van der Waals surface area contributed by atoms with E-state index in [4.69, 9.17) is 0 Å². The predicted octanol–water partition coefficient (Wildman–Crippen LogP) is 2.07. The highest BCUT2D eigenvalue weighted by atomic mass is 32.2. The Morgan fingerprint density at radius 3 is 2.50 bits per heavy atom. The molecule has 2 aromatic carbocycles. The molecule has 0 unspecified atom stereocenters. The minimum Gasteiger partial charge on any atom is -0.312 e. The number of benzene rings is 2. The van der Waals surface area contributed by atoms with Gasteiger partial charge in [0.25, 0.3) is 5.69 Å². The van der Waals surface area contributed by atoms with E-state index in [1.54, 1.807) is 12.1 Å². The van der Waals surface area contributed by atoms with Gasteiger partial charge in [0.1, 0.15) is 0 Å². The quantitative estimate of drug-likeness (QED) is 0.691. The SMILES string of the molecule is O=[N+]([O-])c1ccc(S(=O)(=O)c2cccc3c2CCNC3)cc1. The predicted molar refractivity (Wildman–Crippen MR) is 80.4 cm³/mol. The Balaban J connectivity index is 2.08. The van der Waals surface area contributed by atoms with Crippen LogP contribution >= 0.6 is 0 Å². The monoisotopic (exact) mass is 318 g/mol. The van der Waals surface area contributed by atoms with Crippen LogP contribution in [-0.4, -0.2) is 19.9 Å². The summed E-state index contributed by atoms with van der Waals surface area (Å²) in [6, 6.07) is 10.2. The maximum Gasteiger partial charge on any atom is 0.269 e. The van der Waals surface area contributed by atoms with Gasteiger partial charge in [-0.05, 0) is 42.3 Å². The van der Waals surface area contributed by atoms with Crippen LogP contribution < -0.4 is 5.32 Å². The summed E-state index contributed by atoms with van der Waals surface area (Å²) in [5.41, 5.74) is 1.69. The van der Waals surface area contributed by atoms with Crippen molar-refractivity contribution >= 4 is 15.5 Å². The maximum atomic E-state index is 12.8. The first kappa shape index (κ1) is 14.7. The van der Waals surface area contributed by atoms with E-state index in [0.717, 1.165) is 17.7 Å². The minimum atomic E-state index is -3.67. The van der Waals surface area contributed by atoms with E-state index < -0.39 is 14.8 Å². The number of hydrogen-bond acceptors (Lipinski definition) is 5. The Morgan fingerprint density at radius 1 is 1.09 bits per heavy atom. The highest BCUT2D eigenvalue weighted by Gasteiger charge is 2.24. The average Bonchev–Trinajstić information content (AvgIpc) is 2.54. The molecule has 0 aliphatic carbocycles. The van der Waals surface area contributed by atoms with Crippen molar-refractivity contribution in [3.63, 3.8) is 0 Å². The fraction of sp³-hybridized carbons (Fsp3) is 0.200. The average molecular weight is 318 g/mol. The second kappa shape index (κ2) is 5.51. The van der Waals surface area contributed by atoms with Crippen LogP contribution in [0.5, 0.6) is 0 Å². The van der Waals surface area contributed by atoms with Crippen LogP contribution in [0.25, 0.3) is 0 Å². The van der Waals surface area contributed by atoms with Crippen LogP contribution in [0.4, 0.5) is 5.69 Å². The van der Waals surface area contributed by atoms with Crippen molar-refractivity contribution in [3.05, 3.63) is 63.7 Å². The van der Waals surface area contributed by atoms with E-state index in [1.165, 1.54) is 24.3 Å². The van der Waals surface area contributed by atoms with E-state index in [0.29, 0.717) is 17.9 Å². The molecule has 0 amide bonds. The number of rotatable bonds is 3. The third kappa shape index (κ3) is 2.49. The van der Waals surface area contributed by atoms with Gasteiger partial charge in [-0.2, -0.15) is 0 Å². The lowest BCUT2D eigenvalue weighted by Gasteiger charge is -2.20. The van der Waals surface area contributed by atoms with Gasteiger partial charge in [0.05, 0.1) is 14.7 Å². The lowest BCUT2D eigenvalue weighted by atomic mass is 10.0. The Kier molecular flexibility index (Phi) is 3.67. The van der Waals surface area contributed by atoms with Gasteiger partial charge < -0.3 is 5.32 Å². The zero-order valence-corrected chi connectivity index (χ0v) is 12.5. The van der Waals surface area contributed by atoms with Crippen LogP contribution in [0.3, 0.4) is 0 Å². The van der Waals surface area contributed by atoms with Crippen molar-refractivity contribution in [1.29, 1.82) is 0 Å². The molecular formula is C15H14N2O4S. The Bertz CT molecular complexity index is 829. The number of nitrogens with zero attached hydrogens (tertiary/aromatic N) is 1. The fourth-order valence-corrected chi connectivity index (χ4v) is 4.19. The zero-order chi connectivity index (χ0) is 15.7. The largest absolute Gasteiger partial charge is 0.312 e. The van der Waals surface area contributed by atoms with Gasteiger partial charge in [0.15, 0.2) is 0 Å². The molecule has 0 radical (unpaired) electrons. The summed E-state index contributed by atoms with van der Waals surface area (Å²) in [4.78, 5) is 10.5. The smallest absolute Gasteiger partial charge is 0.269 e. The van der Waals surface area contributed by atoms with Gasteiger partial charge in [0, 0.05) is 18.7 Å². The molecule has 0 aromatic heterocycles. The molecule has 1 aliphatic heterocycles. The Morgan fingerprint density at radius 2 is 1.82 bits per heavy atom. The summed E-state index contributed by atoms with van der Waals surface area (Å²) in [7, 11) is -3.67. The van der Waals surface area contributed by atoms with E-state index >= 15 is 0 Å². The maximum absolute atomic E-state index is 12.8. The normalized spacial score (nSPS) is 14.4. The molecule has 1 heterocycles. The highest BCUT2D eigenvalue weighted by Crippen LogP contribution is 2.29. The second-order valence-corrected chi connectivity index (χ2v) is 6.99. The van der Waals surface area contributed by atoms with Gasteiger partial charge in [-0.15, -0.1) is 0 Å². The Labute approximate surface area is 127 Å². The standard InChI is InChI=1S/C15H14N2O4S/c18-17(19)12-4-6-13(7-5-12)22(20,21)15-3-1-2-11-10-16-9-8-14(11)15/h1-7,16H,8-10H2. The molecule has 0 bridgehead atoms. The fourth-order valence-electron chi connectivity index (χ4n) is 2.62. The van der Waals surface area contributed by atoms with Gasteiger partial charge in [-0.25, -0.2) is 8.42 Å². The van der Waals surface area contributed by atoms with Crippen LogP contribution in [-0.2, 0) is 22.8 Å². The molecular weight excluding hydrogens is 304 g/mol. The first-order chi connectivity index (χ1) is 10.5. The summed E-state index contributed by atoms with van der Waals surface area (Å²) in [6.45, 7) is 1.39. The summed E-state index contributed by atoms with van der Waals surface area (Å²) in [6.07, 6.45) is 0.651. The number of nitrogens with one attached hydrogen (secondary N) is 1. The van der Waals surface area contributed by atoms with Gasteiger partial charge in [-0.3, -0.25) is 10.1 Å². The molecule has 7 heteroatoms. The summed E-state index contributed by atoms with van der Waals surface area (Å²) >= 11 is 0. The molecule has 0 atom stereocenters.